The van der Waals surface area contributed by atoms with Crippen LogP contribution in [0.15, 0.2) is 0 Å². The van der Waals surface area contributed by atoms with Crippen molar-refractivity contribution in [1.82, 2.24) is 15.0 Å². The van der Waals surface area contributed by atoms with Crippen LogP contribution in [-0.2, 0) is 0 Å². The molecule has 1 aromatic heterocycles. The summed E-state index contributed by atoms with van der Waals surface area (Å²) in [4.78, 5) is 15.3. The van der Waals surface area contributed by atoms with Crippen LogP contribution in [0.1, 0.15) is 8.22 Å². The lowest BCUT2D eigenvalue weighted by atomic mass is 10.7. The molecule has 0 atom stereocenters. The maximum Gasteiger partial charge on any atom is 0.231 e. The number of aromatic nitrogens is 3. The molecule has 0 bridgehead atoms. The Balaban J connectivity index is 3.51. The maximum absolute atomic E-state index is 7.41. The Hall–Kier alpha value is -1.59. The van der Waals surface area contributed by atoms with Crippen LogP contribution in [0.25, 0.3) is 0 Å². The zero-order chi connectivity index (χ0) is 16.6. The molecule has 0 radical (unpaired) electrons. The molecule has 0 saturated heterocycles. The smallest absolute Gasteiger partial charge is 0.231 e. The molecular formula is C9H18N6. The van der Waals surface area contributed by atoms with Gasteiger partial charge in [-0.3, -0.25) is 0 Å². The molecule has 0 saturated carbocycles. The lowest BCUT2D eigenvalue weighted by Gasteiger charge is -2.18. The average Bonchev–Trinajstić information content (AvgIpc) is 2.24. The predicted octanol–water partition coefficient (Wildman–Crippen LogP) is 0.0696. The summed E-state index contributed by atoms with van der Waals surface area (Å²) < 4.78 is 44.5. The quantitative estimate of drug-likeness (QED) is 0.712. The summed E-state index contributed by atoms with van der Waals surface area (Å²) >= 11 is 0. The van der Waals surface area contributed by atoms with Crippen molar-refractivity contribution in [3.8, 4) is 0 Å². The molecule has 0 spiro atoms. The summed E-state index contributed by atoms with van der Waals surface area (Å²) in [5, 5.41) is 0. The van der Waals surface area contributed by atoms with E-state index in [9.17, 15) is 0 Å². The van der Waals surface area contributed by atoms with Gasteiger partial charge in [-0.05, 0) is 0 Å². The van der Waals surface area contributed by atoms with Gasteiger partial charge in [0.05, 0.1) is 0 Å². The fourth-order valence-corrected chi connectivity index (χ4v) is 0.843. The van der Waals surface area contributed by atoms with E-state index in [2.05, 4.69) is 15.0 Å². The summed E-state index contributed by atoms with van der Waals surface area (Å²) in [6.07, 6.45) is 0. The summed E-state index contributed by atoms with van der Waals surface area (Å²) in [6, 6.07) is 0. The minimum Gasteiger partial charge on any atom is -0.347 e. The van der Waals surface area contributed by atoms with Gasteiger partial charge >= 0.3 is 0 Å². The number of hydrogen-bond acceptors (Lipinski definition) is 6. The van der Waals surface area contributed by atoms with Crippen LogP contribution >= 0.6 is 0 Å². The molecule has 1 rings (SSSR count). The SMILES string of the molecule is [2H]C([2H])([2H])N(c1nc(N(C)C)nc(N(C)C)n1)C([2H])([2H])[2H]. The van der Waals surface area contributed by atoms with E-state index in [0.717, 1.165) is 0 Å². The van der Waals surface area contributed by atoms with Gasteiger partial charge in [0.2, 0.25) is 17.8 Å². The number of rotatable bonds is 3. The Morgan fingerprint density at radius 2 is 1.07 bits per heavy atom. The van der Waals surface area contributed by atoms with E-state index in [0.29, 0.717) is 0 Å². The normalized spacial score (nSPS) is 17.6. The van der Waals surface area contributed by atoms with Gasteiger partial charge in [0.1, 0.15) is 0 Å². The van der Waals surface area contributed by atoms with Crippen molar-refractivity contribution in [2.24, 2.45) is 0 Å². The standard InChI is InChI=1S/C9H18N6/c1-13(2)7-10-8(14(3)4)12-9(11-7)15(5)6/h1-6H3/i1D3,2D3. The maximum atomic E-state index is 7.41. The lowest BCUT2D eigenvalue weighted by Crippen LogP contribution is -2.22. The molecule has 0 unspecified atom stereocenters. The Bertz CT molecular complexity index is 456. The van der Waals surface area contributed by atoms with Crippen molar-refractivity contribution in [1.29, 1.82) is 0 Å². The van der Waals surface area contributed by atoms with Gasteiger partial charge in [0.25, 0.3) is 0 Å². The van der Waals surface area contributed by atoms with Gasteiger partial charge < -0.3 is 14.7 Å². The molecule has 0 fully saturated rings. The van der Waals surface area contributed by atoms with Gasteiger partial charge in [-0.15, -0.1) is 0 Å². The minimum absolute atomic E-state index is 0.169. The number of nitrogens with zero attached hydrogens (tertiary/aromatic N) is 6. The van der Waals surface area contributed by atoms with Crippen LogP contribution in [0.2, 0.25) is 0 Å². The molecule has 0 aliphatic carbocycles. The van der Waals surface area contributed by atoms with E-state index >= 15 is 0 Å². The van der Waals surface area contributed by atoms with Crippen molar-refractivity contribution in [3.05, 3.63) is 0 Å². The molecule has 0 aromatic carbocycles. The fourth-order valence-electron chi connectivity index (χ4n) is 0.843. The topological polar surface area (TPSA) is 48.4 Å². The second-order valence-corrected chi connectivity index (χ2v) is 3.36. The third kappa shape index (κ3) is 2.68. The number of anilines is 3. The first-order chi connectivity index (χ1) is 9.34. The van der Waals surface area contributed by atoms with Crippen LogP contribution < -0.4 is 14.7 Å². The van der Waals surface area contributed by atoms with Crippen molar-refractivity contribution in [2.45, 2.75) is 0 Å². The highest BCUT2D eigenvalue weighted by Gasteiger charge is 2.10. The lowest BCUT2D eigenvalue weighted by molar-refractivity contribution is 0.886. The van der Waals surface area contributed by atoms with E-state index in [1.807, 2.05) is 0 Å². The first kappa shape index (κ1) is 5.48. The third-order valence-corrected chi connectivity index (χ3v) is 1.60. The van der Waals surface area contributed by atoms with Crippen LogP contribution in [0, 0.1) is 0 Å². The summed E-state index contributed by atoms with van der Waals surface area (Å²) in [5.41, 5.74) is 0. The molecule has 1 aromatic rings. The third-order valence-electron chi connectivity index (χ3n) is 1.60. The Labute approximate surface area is 99.0 Å². The summed E-state index contributed by atoms with van der Waals surface area (Å²) in [6.45, 7) is -5.81. The van der Waals surface area contributed by atoms with Crippen molar-refractivity contribution in [2.75, 3.05) is 56.8 Å². The highest BCUT2D eigenvalue weighted by Crippen LogP contribution is 2.14. The first-order valence-corrected chi connectivity index (χ1v) is 4.25. The molecule has 6 heteroatoms. The number of hydrogen-bond donors (Lipinski definition) is 0. The molecule has 84 valence electrons. The molecule has 0 aliphatic rings. The van der Waals surface area contributed by atoms with E-state index in [4.69, 9.17) is 8.22 Å². The summed E-state index contributed by atoms with van der Waals surface area (Å²) in [5.74, 6) is -0.0817. The van der Waals surface area contributed by atoms with Gasteiger partial charge in [-0.1, -0.05) is 0 Å². The van der Waals surface area contributed by atoms with Crippen LogP contribution in [-0.4, -0.2) is 57.1 Å². The molecule has 0 amide bonds. The minimum atomic E-state index is -2.90. The molecule has 1 heterocycles. The Morgan fingerprint density at radius 3 is 1.33 bits per heavy atom. The highest BCUT2D eigenvalue weighted by molar-refractivity contribution is 5.44. The summed E-state index contributed by atoms with van der Waals surface area (Å²) in [7, 11) is 6.64. The van der Waals surface area contributed by atoms with Gasteiger partial charge in [-0.2, -0.15) is 15.0 Å². The highest BCUT2D eigenvalue weighted by atomic mass is 15.4. The average molecular weight is 216 g/mol. The molecule has 6 nitrogen and oxygen atoms in total. The largest absolute Gasteiger partial charge is 0.347 e. The monoisotopic (exact) mass is 216 g/mol. The second-order valence-electron chi connectivity index (χ2n) is 3.36. The first-order valence-electron chi connectivity index (χ1n) is 7.25. The van der Waals surface area contributed by atoms with Gasteiger partial charge in [0.15, 0.2) is 0 Å². The van der Waals surface area contributed by atoms with Gasteiger partial charge in [-0.25, -0.2) is 0 Å². The Morgan fingerprint density at radius 1 is 0.733 bits per heavy atom. The molecule has 0 N–H and O–H groups in total. The predicted molar refractivity (Wildman–Crippen MR) is 62.8 cm³/mol. The molecular weight excluding hydrogens is 192 g/mol. The van der Waals surface area contributed by atoms with Crippen LogP contribution in [0.3, 0.4) is 0 Å². The van der Waals surface area contributed by atoms with Gasteiger partial charge in [0, 0.05) is 50.4 Å². The van der Waals surface area contributed by atoms with Crippen molar-refractivity contribution in [3.63, 3.8) is 0 Å². The second kappa shape index (κ2) is 4.29. The van der Waals surface area contributed by atoms with Crippen LogP contribution in [0.5, 0.6) is 0 Å². The zero-order valence-electron chi connectivity index (χ0n) is 15.2. The van der Waals surface area contributed by atoms with E-state index in [1.54, 1.807) is 28.2 Å². The van der Waals surface area contributed by atoms with E-state index in [-0.39, 0.29) is 16.8 Å². The van der Waals surface area contributed by atoms with Crippen molar-refractivity contribution < 1.29 is 8.22 Å². The van der Waals surface area contributed by atoms with E-state index < -0.39 is 19.9 Å². The molecule has 0 aliphatic heterocycles. The Kier molecular flexibility index (Phi) is 1.57. The van der Waals surface area contributed by atoms with Crippen molar-refractivity contribution >= 4 is 17.8 Å². The zero-order valence-corrected chi connectivity index (χ0v) is 9.18. The molecule has 15 heavy (non-hydrogen) atoms. The fraction of sp³-hybridized carbons (Fsp3) is 0.667. The van der Waals surface area contributed by atoms with E-state index in [1.165, 1.54) is 9.80 Å². The van der Waals surface area contributed by atoms with Crippen LogP contribution in [0.4, 0.5) is 17.8 Å².